The van der Waals surface area contributed by atoms with E-state index in [2.05, 4.69) is 0 Å². The largest absolute Gasteiger partial charge is 0.460 e. The van der Waals surface area contributed by atoms with Crippen LogP contribution in [-0.2, 0) is 30.9 Å². The van der Waals surface area contributed by atoms with Gasteiger partial charge in [0.15, 0.2) is 0 Å². The molecule has 1 aliphatic heterocycles. The molecule has 0 saturated carbocycles. The minimum atomic E-state index is -3.59. The van der Waals surface area contributed by atoms with Gasteiger partial charge in [0.25, 0.3) is 0 Å². The molecule has 1 aliphatic rings. The number of esters is 1. The smallest absolute Gasteiger partial charge is 0.314 e. The van der Waals surface area contributed by atoms with Crippen molar-refractivity contribution in [2.24, 2.45) is 5.92 Å². The predicted octanol–water partition coefficient (Wildman–Crippen LogP) is 3.58. The van der Waals surface area contributed by atoms with Gasteiger partial charge in [-0.15, -0.1) is 0 Å². The van der Waals surface area contributed by atoms with E-state index in [-0.39, 0.29) is 29.3 Å². The van der Waals surface area contributed by atoms with Crippen LogP contribution in [0.4, 0.5) is 0 Å². The van der Waals surface area contributed by atoms with Gasteiger partial charge in [0.1, 0.15) is 6.61 Å². The topological polar surface area (TPSA) is 72.9 Å². The minimum absolute atomic E-state index is 0.0328. The molecule has 0 spiro atoms. The van der Waals surface area contributed by atoms with Crippen molar-refractivity contribution in [3.8, 4) is 0 Å². The van der Waals surface area contributed by atoms with E-state index in [1.807, 2.05) is 44.2 Å². The van der Waals surface area contributed by atoms with Crippen LogP contribution in [0.5, 0.6) is 0 Å². The molecule has 2 unspecified atom stereocenters. The van der Waals surface area contributed by atoms with Gasteiger partial charge in [-0.05, 0) is 29.2 Å². The number of hydrogen-bond donors (Lipinski definition) is 0. The summed E-state index contributed by atoms with van der Waals surface area (Å²) >= 11 is 0. The Morgan fingerprint density at radius 1 is 1.10 bits per heavy atom. The van der Waals surface area contributed by atoms with Gasteiger partial charge in [-0.3, -0.25) is 4.79 Å². The minimum Gasteiger partial charge on any atom is -0.460 e. The molecule has 30 heavy (non-hydrogen) atoms. The fourth-order valence-corrected chi connectivity index (χ4v) is 5.05. The molecule has 0 radical (unpaired) electrons. The summed E-state index contributed by atoms with van der Waals surface area (Å²) in [4.78, 5) is 13.1. The highest BCUT2D eigenvalue weighted by Gasteiger charge is 2.28. The molecule has 0 bridgehead atoms. The lowest BCUT2D eigenvalue weighted by atomic mass is 9.85. The molecule has 7 heteroatoms. The van der Waals surface area contributed by atoms with E-state index < -0.39 is 10.0 Å². The number of ether oxygens (including phenoxy) is 2. The number of hydrogen-bond acceptors (Lipinski definition) is 5. The molecular formula is C23H29NO5S. The zero-order valence-electron chi connectivity index (χ0n) is 17.5. The third kappa shape index (κ3) is 5.28. The van der Waals surface area contributed by atoms with Gasteiger partial charge in [0, 0.05) is 13.1 Å². The molecule has 2 aromatic carbocycles. The second kappa shape index (κ2) is 10.2. The molecule has 0 amide bonds. The Morgan fingerprint density at radius 2 is 1.80 bits per heavy atom. The van der Waals surface area contributed by atoms with Crippen molar-refractivity contribution < 1.29 is 22.7 Å². The van der Waals surface area contributed by atoms with E-state index in [1.54, 1.807) is 24.3 Å². The van der Waals surface area contributed by atoms with Crippen LogP contribution >= 0.6 is 0 Å². The van der Waals surface area contributed by atoms with Gasteiger partial charge in [-0.25, -0.2) is 8.42 Å². The highest BCUT2D eigenvalue weighted by atomic mass is 32.2. The SMILES string of the molecule is CCC(C)C(C(=O)OCc1cccc(S(=O)(=O)N2CCOCC2)c1)c1ccccc1. The highest BCUT2D eigenvalue weighted by molar-refractivity contribution is 7.89. The summed E-state index contributed by atoms with van der Waals surface area (Å²) in [5, 5.41) is 0. The van der Waals surface area contributed by atoms with Crippen molar-refractivity contribution in [3.63, 3.8) is 0 Å². The number of carbonyl (C=O) groups is 1. The van der Waals surface area contributed by atoms with Gasteiger partial charge >= 0.3 is 5.97 Å². The van der Waals surface area contributed by atoms with E-state index in [0.717, 1.165) is 12.0 Å². The average molecular weight is 432 g/mol. The summed E-state index contributed by atoms with van der Waals surface area (Å²) in [7, 11) is -3.59. The van der Waals surface area contributed by atoms with E-state index >= 15 is 0 Å². The number of sulfonamides is 1. The van der Waals surface area contributed by atoms with Crippen LogP contribution in [0.1, 0.15) is 37.3 Å². The van der Waals surface area contributed by atoms with E-state index in [1.165, 1.54) is 4.31 Å². The summed E-state index contributed by atoms with van der Waals surface area (Å²) in [5.74, 6) is -0.513. The third-order valence-electron chi connectivity index (χ3n) is 5.51. The first-order valence-electron chi connectivity index (χ1n) is 10.3. The number of rotatable bonds is 8. The number of carbonyl (C=O) groups excluding carboxylic acids is 1. The van der Waals surface area contributed by atoms with Crippen molar-refractivity contribution in [3.05, 3.63) is 65.7 Å². The molecule has 2 atom stereocenters. The first-order chi connectivity index (χ1) is 14.4. The zero-order valence-corrected chi connectivity index (χ0v) is 18.3. The molecule has 0 aromatic heterocycles. The Kier molecular flexibility index (Phi) is 7.64. The normalized spacial score (nSPS) is 17.3. The fraction of sp³-hybridized carbons (Fsp3) is 0.435. The molecule has 1 fully saturated rings. The molecule has 6 nitrogen and oxygen atoms in total. The van der Waals surface area contributed by atoms with Crippen LogP contribution in [0.15, 0.2) is 59.5 Å². The third-order valence-corrected chi connectivity index (χ3v) is 7.41. The van der Waals surface area contributed by atoms with Crippen LogP contribution in [-0.4, -0.2) is 45.0 Å². The number of nitrogens with zero attached hydrogens (tertiary/aromatic N) is 1. The van der Waals surface area contributed by atoms with Crippen LogP contribution in [0, 0.1) is 5.92 Å². The predicted molar refractivity (Wildman–Crippen MR) is 114 cm³/mol. The van der Waals surface area contributed by atoms with Gasteiger partial charge in [0.05, 0.1) is 24.0 Å². The van der Waals surface area contributed by atoms with Crippen molar-refractivity contribution in [2.45, 2.75) is 37.7 Å². The first kappa shape index (κ1) is 22.5. The standard InChI is InChI=1S/C23H29NO5S/c1-3-18(2)22(20-9-5-4-6-10-20)23(25)29-17-19-8-7-11-21(16-19)30(26,27)24-12-14-28-15-13-24/h4-11,16,18,22H,3,12-15,17H2,1-2H3. The lowest BCUT2D eigenvalue weighted by molar-refractivity contribution is -0.148. The molecule has 3 rings (SSSR count). The Bertz CT molecular complexity index is 939. The Labute approximate surface area is 178 Å². The van der Waals surface area contributed by atoms with E-state index in [9.17, 15) is 13.2 Å². The molecule has 1 saturated heterocycles. The van der Waals surface area contributed by atoms with Crippen molar-refractivity contribution in [1.82, 2.24) is 4.31 Å². The quantitative estimate of drug-likeness (QED) is 0.598. The summed E-state index contributed by atoms with van der Waals surface area (Å²) in [5.41, 5.74) is 1.58. The fourth-order valence-electron chi connectivity index (χ4n) is 3.57. The number of benzene rings is 2. The van der Waals surface area contributed by atoms with Gasteiger partial charge in [-0.1, -0.05) is 62.7 Å². The van der Waals surface area contributed by atoms with Crippen molar-refractivity contribution in [1.29, 1.82) is 0 Å². The molecule has 0 N–H and O–H groups in total. The lowest BCUT2D eigenvalue weighted by Crippen LogP contribution is -2.40. The van der Waals surface area contributed by atoms with Crippen LogP contribution in [0.25, 0.3) is 0 Å². The maximum Gasteiger partial charge on any atom is 0.314 e. The van der Waals surface area contributed by atoms with E-state index in [4.69, 9.17) is 9.47 Å². The zero-order chi connectivity index (χ0) is 21.6. The molecule has 1 heterocycles. The molecular weight excluding hydrogens is 402 g/mol. The summed E-state index contributed by atoms with van der Waals surface area (Å²) < 4.78 is 38.0. The van der Waals surface area contributed by atoms with Crippen LogP contribution in [0.3, 0.4) is 0 Å². The van der Waals surface area contributed by atoms with Crippen LogP contribution < -0.4 is 0 Å². The Hall–Kier alpha value is -2.22. The summed E-state index contributed by atoms with van der Waals surface area (Å²) in [6, 6.07) is 16.2. The molecule has 0 aliphatic carbocycles. The second-order valence-corrected chi connectivity index (χ2v) is 9.48. The summed E-state index contributed by atoms with van der Waals surface area (Å²) in [6.07, 6.45) is 0.849. The van der Waals surface area contributed by atoms with Crippen molar-refractivity contribution in [2.75, 3.05) is 26.3 Å². The van der Waals surface area contributed by atoms with Crippen LogP contribution in [0.2, 0.25) is 0 Å². The Morgan fingerprint density at radius 3 is 2.47 bits per heavy atom. The van der Waals surface area contributed by atoms with Gasteiger partial charge in [-0.2, -0.15) is 4.31 Å². The summed E-state index contributed by atoms with van der Waals surface area (Å²) in [6.45, 7) is 5.60. The maximum absolute atomic E-state index is 12.9. The second-order valence-electron chi connectivity index (χ2n) is 7.55. The first-order valence-corrected chi connectivity index (χ1v) is 11.8. The maximum atomic E-state index is 12.9. The lowest BCUT2D eigenvalue weighted by Gasteiger charge is -2.26. The van der Waals surface area contributed by atoms with E-state index in [0.29, 0.717) is 31.9 Å². The number of morpholine rings is 1. The molecule has 162 valence electrons. The van der Waals surface area contributed by atoms with Gasteiger partial charge in [0.2, 0.25) is 10.0 Å². The monoisotopic (exact) mass is 431 g/mol. The van der Waals surface area contributed by atoms with Crippen molar-refractivity contribution >= 4 is 16.0 Å². The Balaban J connectivity index is 1.72. The average Bonchev–Trinajstić information content (AvgIpc) is 2.79. The molecule has 2 aromatic rings. The van der Waals surface area contributed by atoms with Gasteiger partial charge < -0.3 is 9.47 Å². The highest BCUT2D eigenvalue weighted by Crippen LogP contribution is 2.29.